The first-order valence-electron chi connectivity index (χ1n) is 29.8. The van der Waals surface area contributed by atoms with Crippen molar-refractivity contribution in [2.45, 2.75) is 204 Å². The van der Waals surface area contributed by atoms with Crippen LogP contribution < -0.4 is 0 Å². The molecule has 0 atom stereocenters. The van der Waals surface area contributed by atoms with Crippen molar-refractivity contribution in [1.82, 2.24) is 40.1 Å². The van der Waals surface area contributed by atoms with Gasteiger partial charge in [0, 0.05) is 69.0 Å². The molecular weight excluding hydrogens is 989 g/mol. The van der Waals surface area contributed by atoms with E-state index in [-0.39, 0.29) is 5.41 Å². The Balaban J connectivity index is 0.000000163. The number of nitrogens with zero attached hydrogens (tertiary/aromatic N) is 8. The van der Waals surface area contributed by atoms with Crippen LogP contribution in [0.4, 0.5) is 0 Å². The summed E-state index contributed by atoms with van der Waals surface area (Å²) in [5, 5.41) is 16.0. The highest BCUT2D eigenvalue weighted by molar-refractivity contribution is 5.87. The van der Waals surface area contributed by atoms with Gasteiger partial charge in [0.15, 0.2) is 0 Å². The highest BCUT2D eigenvalue weighted by Crippen LogP contribution is 2.32. The Kier molecular flexibility index (Phi) is 21.9. The first-order valence-corrected chi connectivity index (χ1v) is 29.8. The lowest BCUT2D eigenvalue weighted by Crippen LogP contribution is -2.11. The topological polar surface area (TPSA) is 103 Å². The fourth-order valence-electron chi connectivity index (χ4n) is 9.75. The smallest absolute Gasteiger partial charge is 0.131 e. The predicted molar refractivity (Wildman–Crippen MR) is 348 cm³/mol. The highest BCUT2D eigenvalue weighted by Gasteiger charge is 2.18. The summed E-state index contributed by atoms with van der Waals surface area (Å²) in [7, 11) is 0. The molecule has 8 heteroatoms. The molecule has 0 radical (unpaired) electrons. The zero-order chi connectivity index (χ0) is 59.5. The number of fused-ring (bicyclic) bond motifs is 5. The van der Waals surface area contributed by atoms with E-state index in [1.807, 2.05) is 30.9 Å². The number of benzene rings is 4. The summed E-state index contributed by atoms with van der Waals surface area (Å²) in [5.74, 6) is 5.20. The maximum absolute atomic E-state index is 4.75. The quantitative estimate of drug-likeness (QED) is 0.141. The second-order valence-electron chi connectivity index (χ2n) is 25.5. The van der Waals surface area contributed by atoms with Crippen molar-refractivity contribution in [1.29, 1.82) is 0 Å². The second kappa shape index (κ2) is 28.1. The molecule has 0 unspecified atom stereocenters. The van der Waals surface area contributed by atoms with Gasteiger partial charge in [-0.3, -0.25) is 19.9 Å². The molecule has 0 N–H and O–H groups in total. The van der Waals surface area contributed by atoms with Gasteiger partial charge in [-0.2, -0.15) is 5.10 Å². The van der Waals surface area contributed by atoms with Gasteiger partial charge >= 0.3 is 0 Å². The van der Waals surface area contributed by atoms with Crippen LogP contribution in [0.1, 0.15) is 255 Å². The van der Waals surface area contributed by atoms with Gasteiger partial charge in [0.2, 0.25) is 0 Å². The third-order valence-corrected chi connectivity index (χ3v) is 14.7. The van der Waals surface area contributed by atoms with Crippen LogP contribution in [0.25, 0.3) is 54.4 Å². The normalized spacial score (nSPS) is 11.8. The van der Waals surface area contributed by atoms with E-state index in [2.05, 4.69) is 284 Å². The van der Waals surface area contributed by atoms with E-state index in [1.54, 1.807) is 0 Å². The molecule has 0 aliphatic rings. The SMILES string of the molecule is CC(C)c1cc2cccc(C(C)C)c2cn1.CC(C)c1cc2ccnc(C(C)C)c2nn1.CC(C)c1ccc2c(C(C)(C)C)cccc2n1.CC(C)c1cnc2c(C(C)C)cccc2c1.CC(C)c1ncc2c(C(C)C)cccc2n1. The lowest BCUT2D eigenvalue weighted by Gasteiger charge is -2.21. The summed E-state index contributed by atoms with van der Waals surface area (Å²) in [6, 6.07) is 38.7. The zero-order valence-electron chi connectivity index (χ0n) is 53.0. The molecule has 0 aliphatic heterocycles. The Labute approximate surface area is 486 Å². The molecule has 81 heavy (non-hydrogen) atoms. The number of rotatable bonds is 9. The molecule has 8 nitrogen and oxygen atoms in total. The highest BCUT2D eigenvalue weighted by atomic mass is 15.1. The molecule has 6 aromatic heterocycles. The Morgan fingerprint density at radius 3 is 1.47 bits per heavy atom. The Bertz CT molecular complexity index is 3270. The molecule has 0 saturated carbocycles. The van der Waals surface area contributed by atoms with Gasteiger partial charge < -0.3 is 0 Å². The fourth-order valence-corrected chi connectivity index (χ4v) is 9.75. The van der Waals surface area contributed by atoms with Crippen molar-refractivity contribution < 1.29 is 0 Å². The summed E-state index contributed by atoms with van der Waals surface area (Å²) >= 11 is 0. The van der Waals surface area contributed by atoms with Crippen LogP contribution in [0, 0.1) is 0 Å². The lowest BCUT2D eigenvalue weighted by atomic mass is 9.84. The zero-order valence-corrected chi connectivity index (χ0v) is 53.0. The van der Waals surface area contributed by atoms with Gasteiger partial charge in [-0.1, -0.05) is 212 Å². The molecule has 0 amide bonds. The first-order chi connectivity index (χ1) is 38.3. The monoisotopic (exact) mass is 1080 g/mol. The second-order valence-corrected chi connectivity index (χ2v) is 25.5. The Morgan fingerprint density at radius 2 is 0.889 bits per heavy atom. The molecule has 0 aliphatic carbocycles. The summed E-state index contributed by atoms with van der Waals surface area (Å²) < 4.78 is 0. The number of pyridine rings is 4. The standard InChI is InChI=1S/C16H21N.2C15H19N.C14H18N2.C13H17N3/c1-11(2)14-10-9-12-13(16(3,4)5)7-6-8-15(12)17-14;1-10(2)13-8-12-6-5-7-14(11(3)4)15(12)16-9-13;1-10(2)13-7-5-6-12-8-15(11(3)4)16-9-14(12)13;1-9(2)11-6-5-7-13-12(11)8-15-14(16-13)10(3)4;1-8(2)11-7-10-5-6-14-12(9(3)4)13(10)16-15-11/h6-11H,1-5H3;2*5-11H,1-4H3;5-10H,1-4H3;5-9H,1-4H3. The van der Waals surface area contributed by atoms with Gasteiger partial charge in [0.05, 0.1) is 27.9 Å². The molecule has 0 bridgehead atoms. The molecule has 426 valence electrons. The molecule has 0 saturated heterocycles. The minimum absolute atomic E-state index is 0.167. The van der Waals surface area contributed by atoms with Gasteiger partial charge in [0.25, 0.3) is 0 Å². The summed E-state index contributed by atoms with van der Waals surface area (Å²) in [5.41, 5.74) is 15.6. The van der Waals surface area contributed by atoms with Gasteiger partial charge in [0.1, 0.15) is 11.3 Å². The van der Waals surface area contributed by atoms with E-state index in [9.17, 15) is 0 Å². The van der Waals surface area contributed by atoms with Crippen molar-refractivity contribution in [2.24, 2.45) is 0 Å². The molecule has 10 rings (SSSR count). The van der Waals surface area contributed by atoms with Crippen LogP contribution in [0.5, 0.6) is 0 Å². The van der Waals surface area contributed by atoms with Crippen LogP contribution in [0.2, 0.25) is 0 Å². The van der Waals surface area contributed by atoms with Crippen molar-refractivity contribution in [3.8, 4) is 0 Å². The predicted octanol–water partition coefficient (Wildman–Crippen LogP) is 20.8. The van der Waals surface area contributed by atoms with Crippen LogP contribution in [-0.4, -0.2) is 40.1 Å². The maximum Gasteiger partial charge on any atom is 0.131 e. The molecule has 6 heterocycles. The maximum atomic E-state index is 4.75. The summed E-state index contributed by atoms with van der Waals surface area (Å²) in [6.45, 7) is 45.9. The summed E-state index contributed by atoms with van der Waals surface area (Å²) in [6.07, 6.45) is 7.86. The van der Waals surface area contributed by atoms with Gasteiger partial charge in [-0.05, 0) is 128 Å². The van der Waals surface area contributed by atoms with E-state index < -0.39 is 0 Å². The Morgan fingerprint density at radius 1 is 0.346 bits per heavy atom. The van der Waals surface area contributed by atoms with Gasteiger partial charge in [-0.15, -0.1) is 5.10 Å². The fraction of sp³-hybridized carbons (Fsp3) is 0.425. The first kappa shape index (κ1) is 63.1. The summed E-state index contributed by atoms with van der Waals surface area (Å²) in [4.78, 5) is 27.3. The van der Waals surface area contributed by atoms with Crippen LogP contribution in [-0.2, 0) is 5.41 Å². The number of hydrogen-bond donors (Lipinski definition) is 0. The lowest BCUT2D eigenvalue weighted by molar-refractivity contribution is 0.596. The van der Waals surface area contributed by atoms with E-state index in [1.165, 1.54) is 66.1 Å². The molecule has 10 aromatic rings. The average Bonchev–Trinajstić information content (AvgIpc) is 3.59. The van der Waals surface area contributed by atoms with Crippen molar-refractivity contribution in [2.75, 3.05) is 0 Å². The van der Waals surface area contributed by atoms with E-state index in [4.69, 9.17) is 4.98 Å². The Hall–Kier alpha value is -7.06. The van der Waals surface area contributed by atoms with E-state index in [0.29, 0.717) is 53.3 Å². The molecule has 0 spiro atoms. The van der Waals surface area contributed by atoms with Crippen molar-refractivity contribution in [3.63, 3.8) is 0 Å². The molecule has 4 aromatic carbocycles. The van der Waals surface area contributed by atoms with Crippen molar-refractivity contribution >= 4 is 54.4 Å². The van der Waals surface area contributed by atoms with Crippen LogP contribution in [0.3, 0.4) is 0 Å². The van der Waals surface area contributed by atoms with Crippen LogP contribution >= 0.6 is 0 Å². The van der Waals surface area contributed by atoms with E-state index in [0.717, 1.165) is 44.7 Å². The number of hydrogen-bond acceptors (Lipinski definition) is 8. The molecule has 0 fully saturated rings. The minimum Gasteiger partial charge on any atom is -0.260 e. The average molecular weight is 1080 g/mol. The number of para-hydroxylation sites is 1. The molecular formula is C73H94N8. The van der Waals surface area contributed by atoms with Crippen LogP contribution in [0.15, 0.2) is 134 Å². The van der Waals surface area contributed by atoms with Gasteiger partial charge in [-0.25, -0.2) is 9.97 Å². The largest absolute Gasteiger partial charge is 0.260 e. The minimum atomic E-state index is 0.167. The third-order valence-electron chi connectivity index (χ3n) is 14.7. The van der Waals surface area contributed by atoms with Crippen molar-refractivity contribution in [3.05, 3.63) is 190 Å². The third kappa shape index (κ3) is 16.3. The number of aromatic nitrogens is 8. The van der Waals surface area contributed by atoms with E-state index >= 15 is 0 Å².